The minimum Gasteiger partial charge on any atom is -0.493 e. The zero-order chi connectivity index (χ0) is 29.5. The zero-order valence-electron chi connectivity index (χ0n) is 21.5. The maximum atomic E-state index is 13.2. The number of carbonyl (C=O) groups is 2. The lowest BCUT2D eigenvalue weighted by Crippen LogP contribution is -2.38. The van der Waals surface area contributed by atoms with Crippen molar-refractivity contribution in [3.05, 3.63) is 46.4 Å². The average Bonchev–Trinajstić information content (AvgIpc) is 2.83. The molecule has 0 aliphatic carbocycles. The van der Waals surface area contributed by atoms with Crippen molar-refractivity contribution in [2.75, 3.05) is 31.9 Å². The molecule has 216 valence electrons. The molecule has 2 aromatic carbocycles. The van der Waals surface area contributed by atoms with Gasteiger partial charge in [0.1, 0.15) is 18.5 Å². The van der Waals surface area contributed by atoms with Crippen LogP contribution in [0.15, 0.2) is 46.2 Å². The zero-order valence-corrected chi connectivity index (χ0v) is 25.4. The molecule has 0 unspecified atom stereocenters. The number of halogens is 3. The van der Waals surface area contributed by atoms with E-state index in [0.29, 0.717) is 5.75 Å². The second kappa shape index (κ2) is 13.9. The van der Waals surface area contributed by atoms with Crippen molar-refractivity contribution in [2.45, 2.75) is 36.7 Å². The number of hydrogen-bond donors (Lipinski definition) is 0. The molecule has 39 heavy (non-hydrogen) atoms. The molecule has 0 aliphatic rings. The highest BCUT2D eigenvalue weighted by atomic mass is 35.5. The number of amides is 1. The summed E-state index contributed by atoms with van der Waals surface area (Å²) >= 11 is 18.2. The van der Waals surface area contributed by atoms with Crippen molar-refractivity contribution in [3.63, 3.8) is 0 Å². The topological polar surface area (TPSA) is 133 Å². The molecule has 1 amide bonds. The van der Waals surface area contributed by atoms with E-state index in [0.717, 1.165) is 17.5 Å². The Morgan fingerprint density at radius 2 is 1.49 bits per heavy atom. The van der Waals surface area contributed by atoms with Gasteiger partial charge in [-0.05, 0) is 36.4 Å². The molecule has 0 aliphatic heterocycles. The lowest BCUT2D eigenvalue weighted by atomic mass is 10.2. The van der Waals surface area contributed by atoms with Gasteiger partial charge in [0.15, 0.2) is 5.75 Å². The van der Waals surface area contributed by atoms with Gasteiger partial charge in [-0.15, -0.1) is 11.6 Å². The van der Waals surface area contributed by atoms with Gasteiger partial charge in [-0.1, -0.05) is 30.1 Å². The van der Waals surface area contributed by atoms with Crippen LogP contribution in [-0.2, 0) is 34.2 Å². The Balaban J connectivity index is 2.12. The van der Waals surface area contributed by atoms with E-state index in [1.807, 2.05) is 0 Å². The molecule has 0 saturated carbocycles. The number of carbonyl (C=O) groups excluding carboxylic acids is 2. The van der Waals surface area contributed by atoms with Crippen LogP contribution >= 0.6 is 34.8 Å². The molecule has 0 heterocycles. The van der Waals surface area contributed by atoms with Gasteiger partial charge in [0.2, 0.25) is 25.8 Å². The van der Waals surface area contributed by atoms with Crippen LogP contribution in [0.4, 0.5) is 0 Å². The van der Waals surface area contributed by atoms with Gasteiger partial charge in [-0.2, -0.15) is 0 Å². The quantitative estimate of drug-likeness (QED) is 0.232. The molecule has 2 aromatic rings. The third-order valence-electron chi connectivity index (χ3n) is 5.10. The fraction of sp³-hybridized carbons (Fsp3) is 0.417. The van der Waals surface area contributed by atoms with Crippen LogP contribution in [-0.4, -0.2) is 71.0 Å². The predicted molar refractivity (Wildman–Crippen MR) is 147 cm³/mol. The molecule has 10 nitrogen and oxygen atoms in total. The minimum absolute atomic E-state index is 0.0108. The number of rotatable bonds is 13. The fourth-order valence-electron chi connectivity index (χ4n) is 3.27. The van der Waals surface area contributed by atoms with Crippen molar-refractivity contribution in [2.24, 2.45) is 5.92 Å². The number of esters is 1. The summed E-state index contributed by atoms with van der Waals surface area (Å²) in [7, 11) is -7.72. The van der Waals surface area contributed by atoms with Crippen LogP contribution in [0.1, 0.15) is 20.8 Å². The van der Waals surface area contributed by atoms with Gasteiger partial charge in [0, 0.05) is 26.3 Å². The van der Waals surface area contributed by atoms with Crippen molar-refractivity contribution in [1.29, 1.82) is 0 Å². The van der Waals surface area contributed by atoms with Crippen LogP contribution in [0.2, 0.25) is 10.0 Å². The van der Waals surface area contributed by atoms with Crippen molar-refractivity contribution in [1.82, 2.24) is 4.31 Å². The summed E-state index contributed by atoms with van der Waals surface area (Å²) in [6.07, 6.45) is 0.196. The highest BCUT2D eigenvalue weighted by Gasteiger charge is 2.24. The van der Waals surface area contributed by atoms with Crippen molar-refractivity contribution >= 4 is 66.5 Å². The summed E-state index contributed by atoms with van der Waals surface area (Å²) in [5, 5.41) is -0.139. The van der Waals surface area contributed by atoms with Crippen LogP contribution in [0.5, 0.6) is 11.5 Å². The maximum Gasteiger partial charge on any atom is 0.303 e. The Bertz CT molecular complexity index is 1380. The first kappa shape index (κ1) is 33.0. The number of benzene rings is 2. The molecule has 0 spiro atoms. The molecule has 0 bridgehead atoms. The van der Waals surface area contributed by atoms with E-state index >= 15 is 0 Å². The first-order valence-corrected chi connectivity index (χ1v) is 16.0. The number of nitrogens with zero attached hydrogens (tertiary/aromatic N) is 1. The van der Waals surface area contributed by atoms with E-state index in [-0.39, 0.29) is 57.1 Å². The largest absolute Gasteiger partial charge is 0.493 e. The lowest BCUT2D eigenvalue weighted by Gasteiger charge is -2.22. The SMILES string of the molecule is CC(=O)O[C@H](CCl)COc1c(Cl)cc(S(=O)(=O)c2ccc(OC[C@H](C)CN(C(C)=O)S(C)(=O)=O)cc2)cc1Cl. The second-order valence-electron chi connectivity index (χ2n) is 8.62. The molecule has 0 aromatic heterocycles. The van der Waals surface area contributed by atoms with Gasteiger partial charge < -0.3 is 14.2 Å². The number of sulfonamides is 1. The summed E-state index contributed by atoms with van der Waals surface area (Å²) in [5.41, 5.74) is 0. The first-order valence-electron chi connectivity index (χ1n) is 11.4. The number of ether oxygens (including phenoxy) is 3. The first-order chi connectivity index (χ1) is 18.1. The van der Waals surface area contributed by atoms with E-state index in [9.17, 15) is 26.4 Å². The lowest BCUT2D eigenvalue weighted by molar-refractivity contribution is -0.146. The van der Waals surface area contributed by atoms with Crippen molar-refractivity contribution in [3.8, 4) is 11.5 Å². The molecule has 0 N–H and O–H groups in total. The summed E-state index contributed by atoms with van der Waals surface area (Å²) in [6.45, 7) is 3.99. The normalized spacial score (nSPS) is 13.3. The predicted octanol–water partition coefficient (Wildman–Crippen LogP) is 4.20. The van der Waals surface area contributed by atoms with Crippen LogP contribution < -0.4 is 9.47 Å². The van der Waals surface area contributed by atoms with Crippen LogP contribution in [0.25, 0.3) is 0 Å². The number of hydrogen-bond acceptors (Lipinski definition) is 9. The Kier molecular flexibility index (Phi) is 11.7. The smallest absolute Gasteiger partial charge is 0.303 e. The third-order valence-corrected chi connectivity index (χ3v) is 8.96. The van der Waals surface area contributed by atoms with Gasteiger partial charge in [0.05, 0.1) is 38.6 Å². The molecule has 0 saturated heterocycles. The summed E-state index contributed by atoms with van der Waals surface area (Å²) in [5.74, 6) is -1.14. The molecular weight excluding hydrogens is 617 g/mol. The Labute approximate surface area is 243 Å². The van der Waals surface area contributed by atoms with E-state index in [1.54, 1.807) is 6.92 Å². The summed E-state index contributed by atoms with van der Waals surface area (Å²) in [6, 6.07) is 7.94. The fourth-order valence-corrected chi connectivity index (χ4v) is 6.46. The van der Waals surface area contributed by atoms with Crippen molar-refractivity contribution < 1.29 is 40.6 Å². The van der Waals surface area contributed by atoms with Gasteiger partial charge >= 0.3 is 5.97 Å². The standard InChI is InChI=1S/C24H28Cl3NO9S2/c1-15(12-28(16(2)29)38(4,31)32)13-35-18-5-7-20(8-6-18)39(33,34)21-9-22(26)24(23(27)10-21)36-14-19(11-25)37-17(3)30/h5-10,15,19H,11-14H2,1-4H3/t15-,19-/m1/s1. The average molecular weight is 645 g/mol. The van der Waals surface area contributed by atoms with E-state index < -0.39 is 37.8 Å². The maximum absolute atomic E-state index is 13.2. The third kappa shape index (κ3) is 9.42. The Morgan fingerprint density at radius 1 is 0.923 bits per heavy atom. The molecule has 2 atom stereocenters. The van der Waals surface area contributed by atoms with Crippen LogP contribution in [0, 0.1) is 5.92 Å². The van der Waals surface area contributed by atoms with Gasteiger partial charge in [0.25, 0.3) is 0 Å². The molecule has 0 radical (unpaired) electrons. The highest BCUT2D eigenvalue weighted by Crippen LogP contribution is 2.37. The van der Waals surface area contributed by atoms with E-state index in [2.05, 4.69) is 0 Å². The Morgan fingerprint density at radius 3 is 1.95 bits per heavy atom. The van der Waals surface area contributed by atoms with E-state index in [1.165, 1.54) is 43.3 Å². The second-order valence-corrected chi connectivity index (χ2v) is 13.6. The van der Waals surface area contributed by atoms with E-state index in [4.69, 9.17) is 49.0 Å². The monoisotopic (exact) mass is 643 g/mol. The highest BCUT2D eigenvalue weighted by molar-refractivity contribution is 7.91. The molecule has 15 heteroatoms. The Hall–Kier alpha value is -2.25. The summed E-state index contributed by atoms with van der Waals surface area (Å²) in [4.78, 5) is 22.5. The molecule has 0 fully saturated rings. The molecular formula is C24H28Cl3NO9S2. The number of sulfone groups is 1. The minimum atomic E-state index is -4.02. The van der Waals surface area contributed by atoms with Gasteiger partial charge in [-0.25, -0.2) is 21.1 Å². The van der Waals surface area contributed by atoms with Gasteiger partial charge in [-0.3, -0.25) is 9.59 Å². The summed E-state index contributed by atoms with van der Waals surface area (Å²) < 4.78 is 66.8. The van der Waals surface area contributed by atoms with Crippen LogP contribution in [0.3, 0.4) is 0 Å². The number of alkyl halides is 1. The molecule has 2 rings (SSSR count).